The van der Waals surface area contributed by atoms with E-state index in [9.17, 15) is 0 Å². The predicted octanol–water partition coefficient (Wildman–Crippen LogP) is 2.90. The van der Waals surface area contributed by atoms with Crippen molar-refractivity contribution in [1.82, 2.24) is 9.80 Å². The Hall–Kier alpha value is -1.84. The lowest BCUT2D eigenvalue weighted by Crippen LogP contribution is -2.45. The molecule has 1 aliphatic heterocycles. The standard InChI is InChI=1S/C19H25N3/c1-16-5-2-3-7-18(16)15-22-11-9-21(10-12-22)14-17-6-4-8-19(20)13-17/h2-8,13H,9-12,14-15,20H2,1H3. The van der Waals surface area contributed by atoms with Crippen molar-refractivity contribution in [2.45, 2.75) is 20.0 Å². The van der Waals surface area contributed by atoms with Gasteiger partial charge in [0.15, 0.2) is 0 Å². The van der Waals surface area contributed by atoms with E-state index < -0.39 is 0 Å². The van der Waals surface area contributed by atoms with Crippen LogP contribution >= 0.6 is 0 Å². The van der Waals surface area contributed by atoms with Crippen LogP contribution in [0.3, 0.4) is 0 Å². The van der Waals surface area contributed by atoms with E-state index in [1.165, 1.54) is 16.7 Å². The molecule has 3 rings (SSSR count). The average molecular weight is 295 g/mol. The van der Waals surface area contributed by atoms with E-state index in [-0.39, 0.29) is 0 Å². The van der Waals surface area contributed by atoms with Gasteiger partial charge in [0.05, 0.1) is 0 Å². The SMILES string of the molecule is Cc1ccccc1CN1CCN(Cc2cccc(N)c2)CC1. The minimum atomic E-state index is 0.857. The van der Waals surface area contributed by atoms with E-state index in [0.717, 1.165) is 45.0 Å². The number of nitrogen functional groups attached to an aromatic ring is 1. The van der Waals surface area contributed by atoms with E-state index in [1.807, 2.05) is 12.1 Å². The second kappa shape index (κ2) is 6.95. The number of benzene rings is 2. The number of aryl methyl sites for hydroxylation is 1. The molecule has 0 radical (unpaired) electrons. The first kappa shape index (κ1) is 15.1. The molecule has 0 aromatic heterocycles. The van der Waals surface area contributed by atoms with E-state index in [1.54, 1.807) is 0 Å². The summed E-state index contributed by atoms with van der Waals surface area (Å²) in [7, 11) is 0. The average Bonchev–Trinajstić information content (AvgIpc) is 2.52. The number of anilines is 1. The van der Waals surface area contributed by atoms with Crippen molar-refractivity contribution in [3.8, 4) is 0 Å². The quantitative estimate of drug-likeness (QED) is 0.880. The highest BCUT2D eigenvalue weighted by Crippen LogP contribution is 2.15. The topological polar surface area (TPSA) is 32.5 Å². The van der Waals surface area contributed by atoms with Crippen LogP contribution in [0.2, 0.25) is 0 Å². The Bertz CT molecular complexity index is 616. The zero-order valence-electron chi connectivity index (χ0n) is 13.3. The zero-order valence-corrected chi connectivity index (χ0v) is 13.3. The fourth-order valence-electron chi connectivity index (χ4n) is 3.08. The van der Waals surface area contributed by atoms with E-state index >= 15 is 0 Å². The molecule has 3 heteroatoms. The third kappa shape index (κ3) is 3.87. The molecule has 0 unspecified atom stereocenters. The van der Waals surface area contributed by atoms with Crippen LogP contribution in [0, 0.1) is 6.92 Å². The van der Waals surface area contributed by atoms with Gasteiger partial charge >= 0.3 is 0 Å². The number of rotatable bonds is 4. The summed E-state index contributed by atoms with van der Waals surface area (Å²) in [6.07, 6.45) is 0. The van der Waals surface area contributed by atoms with Crippen LogP contribution in [0.1, 0.15) is 16.7 Å². The fourth-order valence-corrected chi connectivity index (χ4v) is 3.08. The summed E-state index contributed by atoms with van der Waals surface area (Å²) >= 11 is 0. The predicted molar refractivity (Wildman–Crippen MR) is 92.6 cm³/mol. The molecule has 1 saturated heterocycles. The maximum atomic E-state index is 5.86. The van der Waals surface area contributed by atoms with Gasteiger partial charge in [0.1, 0.15) is 0 Å². The Balaban J connectivity index is 1.51. The molecule has 0 saturated carbocycles. The van der Waals surface area contributed by atoms with Crippen molar-refractivity contribution in [1.29, 1.82) is 0 Å². The molecule has 3 nitrogen and oxygen atoms in total. The summed E-state index contributed by atoms with van der Waals surface area (Å²) in [6, 6.07) is 16.9. The molecule has 0 atom stereocenters. The molecule has 1 heterocycles. The summed E-state index contributed by atoms with van der Waals surface area (Å²) in [5.41, 5.74) is 10.9. The van der Waals surface area contributed by atoms with Crippen LogP contribution in [-0.4, -0.2) is 36.0 Å². The normalized spacial score (nSPS) is 16.8. The van der Waals surface area contributed by atoms with Gasteiger partial charge in [0.25, 0.3) is 0 Å². The lowest BCUT2D eigenvalue weighted by molar-refractivity contribution is 0.122. The van der Waals surface area contributed by atoms with Crippen LogP contribution < -0.4 is 5.73 Å². The van der Waals surface area contributed by atoms with E-state index in [4.69, 9.17) is 5.73 Å². The van der Waals surface area contributed by atoms with Gasteiger partial charge in [-0.15, -0.1) is 0 Å². The summed E-state index contributed by atoms with van der Waals surface area (Å²) in [5, 5.41) is 0. The summed E-state index contributed by atoms with van der Waals surface area (Å²) in [6.45, 7) is 8.79. The van der Waals surface area contributed by atoms with Crippen molar-refractivity contribution in [2.75, 3.05) is 31.9 Å². The van der Waals surface area contributed by atoms with E-state index in [2.05, 4.69) is 53.1 Å². The van der Waals surface area contributed by atoms with Gasteiger partial charge in [-0.3, -0.25) is 9.80 Å². The highest BCUT2D eigenvalue weighted by Gasteiger charge is 2.17. The van der Waals surface area contributed by atoms with Crippen LogP contribution in [-0.2, 0) is 13.1 Å². The van der Waals surface area contributed by atoms with Crippen LogP contribution in [0.15, 0.2) is 48.5 Å². The second-order valence-corrected chi connectivity index (χ2v) is 6.22. The molecule has 0 aliphatic carbocycles. The Morgan fingerprint density at radius 1 is 0.864 bits per heavy atom. The van der Waals surface area contributed by atoms with E-state index in [0.29, 0.717) is 0 Å². The first-order valence-electron chi connectivity index (χ1n) is 8.04. The van der Waals surface area contributed by atoms with Gasteiger partial charge in [-0.1, -0.05) is 36.4 Å². The molecule has 0 amide bonds. The van der Waals surface area contributed by atoms with Gasteiger partial charge in [-0.25, -0.2) is 0 Å². The van der Waals surface area contributed by atoms with Crippen LogP contribution in [0.5, 0.6) is 0 Å². The Morgan fingerprint density at radius 3 is 2.23 bits per heavy atom. The molecular weight excluding hydrogens is 270 g/mol. The van der Waals surface area contributed by atoms with Crippen LogP contribution in [0.25, 0.3) is 0 Å². The lowest BCUT2D eigenvalue weighted by Gasteiger charge is -2.35. The minimum Gasteiger partial charge on any atom is -0.399 e. The van der Waals surface area contributed by atoms with Crippen molar-refractivity contribution in [3.05, 3.63) is 65.2 Å². The van der Waals surface area contributed by atoms with Crippen molar-refractivity contribution >= 4 is 5.69 Å². The molecule has 1 fully saturated rings. The smallest absolute Gasteiger partial charge is 0.0317 e. The molecule has 1 aliphatic rings. The fraction of sp³-hybridized carbons (Fsp3) is 0.368. The Kier molecular flexibility index (Phi) is 4.76. The van der Waals surface area contributed by atoms with Crippen molar-refractivity contribution < 1.29 is 0 Å². The summed E-state index contributed by atoms with van der Waals surface area (Å²) in [5.74, 6) is 0. The molecular formula is C19H25N3. The highest BCUT2D eigenvalue weighted by molar-refractivity contribution is 5.40. The molecule has 22 heavy (non-hydrogen) atoms. The first-order valence-corrected chi connectivity index (χ1v) is 8.04. The Morgan fingerprint density at radius 2 is 1.55 bits per heavy atom. The van der Waals surface area contributed by atoms with Crippen molar-refractivity contribution in [2.24, 2.45) is 0 Å². The van der Waals surface area contributed by atoms with Crippen molar-refractivity contribution in [3.63, 3.8) is 0 Å². The maximum Gasteiger partial charge on any atom is 0.0317 e. The molecule has 2 aromatic rings. The lowest BCUT2D eigenvalue weighted by atomic mass is 10.1. The van der Waals surface area contributed by atoms with Gasteiger partial charge in [0, 0.05) is 45.0 Å². The highest BCUT2D eigenvalue weighted by atomic mass is 15.3. The summed E-state index contributed by atoms with van der Waals surface area (Å²) < 4.78 is 0. The number of nitrogens with zero attached hydrogens (tertiary/aromatic N) is 2. The first-order chi connectivity index (χ1) is 10.7. The number of piperazine rings is 1. The molecule has 2 N–H and O–H groups in total. The molecule has 2 aromatic carbocycles. The third-order valence-electron chi connectivity index (χ3n) is 4.48. The molecule has 0 bridgehead atoms. The van der Waals surface area contributed by atoms with Gasteiger partial charge in [0.2, 0.25) is 0 Å². The number of hydrogen-bond donors (Lipinski definition) is 1. The number of nitrogens with two attached hydrogens (primary N) is 1. The molecule has 116 valence electrons. The van der Waals surface area contributed by atoms with Gasteiger partial charge in [-0.05, 0) is 35.7 Å². The number of hydrogen-bond acceptors (Lipinski definition) is 3. The largest absolute Gasteiger partial charge is 0.399 e. The second-order valence-electron chi connectivity index (χ2n) is 6.22. The van der Waals surface area contributed by atoms with Crippen LogP contribution in [0.4, 0.5) is 5.69 Å². The third-order valence-corrected chi connectivity index (χ3v) is 4.48. The monoisotopic (exact) mass is 295 g/mol. The Labute approximate surface area is 133 Å². The maximum absolute atomic E-state index is 5.86. The zero-order chi connectivity index (χ0) is 15.4. The van der Waals surface area contributed by atoms with Gasteiger partial charge in [-0.2, -0.15) is 0 Å². The van der Waals surface area contributed by atoms with Gasteiger partial charge < -0.3 is 5.73 Å². The minimum absolute atomic E-state index is 0.857. The summed E-state index contributed by atoms with van der Waals surface area (Å²) in [4.78, 5) is 5.07. The molecule has 0 spiro atoms.